The molecule has 0 amide bonds. The van der Waals surface area contributed by atoms with Gasteiger partial charge in [-0.2, -0.15) is 0 Å². The third kappa shape index (κ3) is 76.1. The topological polar surface area (TPSA) is 122 Å². The van der Waals surface area contributed by atoms with Crippen molar-refractivity contribution in [1.82, 2.24) is 0 Å². The van der Waals surface area contributed by atoms with Crippen molar-refractivity contribution < 1.29 is 30.9 Å². The molecule has 1 radical (unpaired) electrons. The van der Waals surface area contributed by atoms with E-state index in [1.54, 1.807) is 0 Å². The predicted molar refractivity (Wildman–Crippen MR) is 15.1 cm³/mol. The van der Waals surface area contributed by atoms with E-state index in [1.165, 1.54) is 0 Å². The lowest BCUT2D eigenvalue weighted by molar-refractivity contribution is -0.846. The lowest BCUT2D eigenvalue weighted by atomic mass is 13.1. The Morgan fingerprint density at radius 3 is 1.62 bits per heavy atom. The van der Waals surface area contributed by atoms with Gasteiger partial charge in [0.25, 0.3) is 0 Å². The SMILES string of the molecule is O=[N+]([O-])OO.[O]OO. The minimum Gasteiger partial charge on any atom is -0.219 e. The van der Waals surface area contributed by atoms with Crippen LogP contribution in [0.1, 0.15) is 0 Å². The zero-order chi connectivity index (χ0) is 6.99. The average molecular weight is 128 g/mol. The van der Waals surface area contributed by atoms with Gasteiger partial charge in [-0.3, -0.25) is 0 Å². The lowest BCUT2D eigenvalue weighted by Crippen LogP contribution is -1.92. The molecule has 0 saturated heterocycles. The summed E-state index contributed by atoms with van der Waals surface area (Å²) in [7, 11) is 0. The Kier molecular flexibility index (Phi) is 11.9. The Labute approximate surface area is 42.4 Å². The van der Waals surface area contributed by atoms with Crippen LogP contribution in [0.25, 0.3) is 0 Å². The fourth-order valence-corrected chi connectivity index (χ4v) is 0. The van der Waals surface area contributed by atoms with Gasteiger partial charge in [-0.25, -0.2) is 10.5 Å². The molecule has 0 aromatic carbocycles. The second kappa shape index (κ2) is 9.40. The van der Waals surface area contributed by atoms with E-state index in [1.807, 2.05) is 5.04 Å². The van der Waals surface area contributed by atoms with Crippen LogP contribution in [-0.2, 0) is 15.3 Å². The molecule has 0 aliphatic carbocycles. The van der Waals surface area contributed by atoms with Gasteiger partial charge >= 0.3 is 5.09 Å². The van der Waals surface area contributed by atoms with Crippen molar-refractivity contribution in [2.45, 2.75) is 0 Å². The van der Waals surface area contributed by atoms with Crippen LogP contribution in [0.5, 0.6) is 0 Å². The third-order valence-electron chi connectivity index (χ3n) is 0.0667. The molecule has 8 heteroatoms. The van der Waals surface area contributed by atoms with Crippen molar-refractivity contribution in [1.29, 1.82) is 0 Å². The zero-order valence-electron chi connectivity index (χ0n) is 3.38. The highest BCUT2D eigenvalue weighted by molar-refractivity contribution is 3.84. The molecule has 8 heavy (non-hydrogen) atoms. The summed E-state index contributed by atoms with van der Waals surface area (Å²) in [6.07, 6.45) is 0. The molecule has 2 N–H and O–H groups in total. The van der Waals surface area contributed by atoms with Crippen LogP contribution in [0, 0.1) is 10.1 Å². The number of rotatable bonds is 1. The summed E-state index contributed by atoms with van der Waals surface area (Å²) in [4.78, 5) is 11.2. The Hall–Kier alpha value is -0.960. The van der Waals surface area contributed by atoms with Crippen molar-refractivity contribution in [3.8, 4) is 0 Å². The first-order chi connectivity index (χ1) is 3.68. The standard InChI is InChI=1S/HNO4.HO3/c2-1(3)5-4;1-3-2/h4H;1H. The third-order valence-corrected chi connectivity index (χ3v) is 0.0667. The van der Waals surface area contributed by atoms with Crippen LogP contribution in [0.15, 0.2) is 0 Å². The first-order valence-electron chi connectivity index (χ1n) is 1.08. The fraction of sp³-hybridized carbons (Fsp3) is 0. The molecule has 49 valence electrons. The Morgan fingerprint density at radius 2 is 1.62 bits per heavy atom. The van der Waals surface area contributed by atoms with Gasteiger partial charge in [-0.15, -0.1) is 15.1 Å². The van der Waals surface area contributed by atoms with E-state index >= 15 is 0 Å². The summed E-state index contributed by atoms with van der Waals surface area (Å²) < 4.78 is 0. The maximum atomic E-state index is 8.70. The van der Waals surface area contributed by atoms with E-state index in [9.17, 15) is 0 Å². The van der Waals surface area contributed by atoms with Gasteiger partial charge < -0.3 is 0 Å². The molecule has 0 fully saturated rings. The molecule has 0 rings (SSSR count). The number of hydrogen-bond donors (Lipinski definition) is 2. The van der Waals surface area contributed by atoms with Gasteiger partial charge in [0, 0.05) is 0 Å². The molecule has 8 nitrogen and oxygen atoms in total. The summed E-state index contributed by atoms with van der Waals surface area (Å²) in [5.41, 5.74) is 0. The molecule has 0 unspecified atom stereocenters. The van der Waals surface area contributed by atoms with Crippen molar-refractivity contribution in [3.05, 3.63) is 10.1 Å². The van der Waals surface area contributed by atoms with Gasteiger partial charge in [0.15, 0.2) is 0 Å². The highest BCUT2D eigenvalue weighted by Gasteiger charge is 1.80. The smallest absolute Gasteiger partial charge is 0.219 e. The van der Waals surface area contributed by atoms with Gasteiger partial charge in [0.05, 0.1) is 0 Å². The van der Waals surface area contributed by atoms with E-state index in [4.69, 9.17) is 25.9 Å². The summed E-state index contributed by atoms with van der Waals surface area (Å²) in [5, 5.41) is 30.8. The Morgan fingerprint density at radius 1 is 1.50 bits per heavy atom. The summed E-state index contributed by atoms with van der Waals surface area (Å²) >= 11 is 0. The van der Waals surface area contributed by atoms with E-state index in [0.717, 1.165) is 0 Å². The van der Waals surface area contributed by atoms with E-state index < -0.39 is 5.09 Å². The number of nitrogens with zero attached hydrogens (tertiary/aromatic N) is 1. The Bertz CT molecular complexity index is 48.3. The van der Waals surface area contributed by atoms with Gasteiger partial charge in [-0.05, 0) is 10.3 Å². The minimum absolute atomic E-state index is 1.32. The predicted octanol–water partition coefficient (Wildman–Crippen LogP) is -0.511. The van der Waals surface area contributed by atoms with Crippen LogP contribution >= 0.6 is 0 Å². The first-order valence-corrected chi connectivity index (χ1v) is 1.08. The zero-order valence-corrected chi connectivity index (χ0v) is 3.38. The second-order valence-corrected chi connectivity index (χ2v) is 0.380. The van der Waals surface area contributed by atoms with Gasteiger partial charge in [0.1, 0.15) is 0 Å². The molecule has 0 aromatic heterocycles. The van der Waals surface area contributed by atoms with E-state index in [0.29, 0.717) is 0 Å². The van der Waals surface area contributed by atoms with Crippen LogP contribution in [0.3, 0.4) is 0 Å². The highest BCUT2D eigenvalue weighted by atomic mass is 17.4. The largest absolute Gasteiger partial charge is 0.322 e. The van der Waals surface area contributed by atoms with E-state index in [-0.39, 0.29) is 0 Å². The maximum Gasteiger partial charge on any atom is 0.322 e. The summed E-state index contributed by atoms with van der Waals surface area (Å²) in [6.45, 7) is 0. The van der Waals surface area contributed by atoms with Crippen LogP contribution in [0.2, 0.25) is 0 Å². The fourth-order valence-electron chi connectivity index (χ4n) is 0. The number of hydrogen-bond acceptors (Lipinski definition) is 6. The van der Waals surface area contributed by atoms with Crippen molar-refractivity contribution in [2.75, 3.05) is 0 Å². The van der Waals surface area contributed by atoms with Gasteiger partial charge in [0.2, 0.25) is 0 Å². The average Bonchev–Trinajstić information content (AvgIpc) is 1.69. The summed E-state index contributed by atoms with van der Waals surface area (Å²) in [5.74, 6) is 0. The summed E-state index contributed by atoms with van der Waals surface area (Å²) in [6, 6.07) is 0. The molecule has 0 atom stereocenters. The lowest BCUT2D eigenvalue weighted by Gasteiger charge is -1.72. The molecule has 0 heterocycles. The molecule has 0 aliphatic heterocycles. The molecule has 0 bridgehead atoms. The Balaban J connectivity index is 0. The van der Waals surface area contributed by atoms with Crippen molar-refractivity contribution >= 4 is 0 Å². The normalized spacial score (nSPS) is 6.38. The van der Waals surface area contributed by atoms with Crippen LogP contribution in [-0.4, -0.2) is 15.6 Å². The molecular formula is H2NO7. The molecular weight excluding hydrogens is 126 g/mol. The monoisotopic (exact) mass is 128 g/mol. The molecule has 0 spiro atoms. The van der Waals surface area contributed by atoms with Crippen molar-refractivity contribution in [3.63, 3.8) is 0 Å². The van der Waals surface area contributed by atoms with Gasteiger partial charge in [-0.1, -0.05) is 0 Å². The maximum absolute atomic E-state index is 8.70. The van der Waals surface area contributed by atoms with Crippen LogP contribution in [0.4, 0.5) is 0 Å². The van der Waals surface area contributed by atoms with Crippen LogP contribution < -0.4 is 0 Å². The quantitative estimate of drug-likeness (QED) is 0.278. The molecule has 0 aliphatic rings. The highest BCUT2D eigenvalue weighted by Crippen LogP contribution is 1.56. The van der Waals surface area contributed by atoms with E-state index in [2.05, 4.69) is 4.99 Å². The minimum atomic E-state index is -1.32. The molecule has 0 aromatic rings. The molecule has 0 saturated carbocycles. The van der Waals surface area contributed by atoms with Crippen molar-refractivity contribution in [2.24, 2.45) is 0 Å². The second-order valence-electron chi connectivity index (χ2n) is 0.380. The first kappa shape index (κ1) is 10.1.